The summed E-state index contributed by atoms with van der Waals surface area (Å²) in [5.74, 6) is -0.782. The quantitative estimate of drug-likeness (QED) is 0.502. The third-order valence-corrected chi connectivity index (χ3v) is 2.05. The molecular weight excluding hydrogens is 200 g/mol. The summed E-state index contributed by atoms with van der Waals surface area (Å²) < 4.78 is 20.6. The lowest BCUT2D eigenvalue weighted by atomic mass is 10.4. The predicted molar refractivity (Wildman–Crippen MR) is 52.4 cm³/mol. The topological polar surface area (TPSA) is 54.0 Å². The van der Waals surface area contributed by atoms with Crippen molar-refractivity contribution in [3.05, 3.63) is 0 Å². The van der Waals surface area contributed by atoms with Gasteiger partial charge in [0.25, 0.3) is 0 Å². The number of methoxy groups -OCH3 is 1. The Balaban J connectivity index is 2.04. The van der Waals surface area contributed by atoms with Gasteiger partial charge in [-0.2, -0.15) is 0 Å². The molecule has 15 heavy (non-hydrogen) atoms. The zero-order valence-electron chi connectivity index (χ0n) is 9.45. The molecule has 0 radical (unpaired) electrons. The van der Waals surface area contributed by atoms with Crippen LogP contribution >= 0.6 is 0 Å². The third kappa shape index (κ3) is 4.59. The maximum absolute atomic E-state index is 10.8. The fraction of sp³-hybridized carbons (Fsp3) is 0.900. The molecule has 0 aromatic heterocycles. The van der Waals surface area contributed by atoms with Crippen molar-refractivity contribution in [1.82, 2.24) is 0 Å². The highest BCUT2D eigenvalue weighted by molar-refractivity contribution is 5.69. The van der Waals surface area contributed by atoms with Crippen LogP contribution in [-0.4, -0.2) is 44.8 Å². The van der Waals surface area contributed by atoms with E-state index in [9.17, 15) is 4.79 Å². The Hall–Kier alpha value is -0.650. The molecule has 0 aliphatic carbocycles. The van der Waals surface area contributed by atoms with E-state index in [1.165, 1.54) is 7.11 Å². The minimum atomic E-state index is -0.517. The molecule has 1 aliphatic heterocycles. The molecule has 0 bridgehead atoms. The first-order valence-electron chi connectivity index (χ1n) is 5.00. The lowest BCUT2D eigenvalue weighted by Gasteiger charge is -2.16. The lowest BCUT2D eigenvalue weighted by Crippen LogP contribution is -2.24. The monoisotopic (exact) mass is 218 g/mol. The zero-order valence-corrected chi connectivity index (χ0v) is 9.45. The lowest BCUT2D eigenvalue weighted by molar-refractivity contribution is -0.148. The van der Waals surface area contributed by atoms with Crippen LogP contribution in [0.5, 0.6) is 0 Å². The van der Waals surface area contributed by atoms with Crippen LogP contribution < -0.4 is 0 Å². The van der Waals surface area contributed by atoms with Crippen molar-refractivity contribution in [2.75, 3.05) is 26.9 Å². The van der Waals surface area contributed by atoms with Crippen molar-refractivity contribution in [3.63, 3.8) is 0 Å². The minimum absolute atomic E-state index is 0.0438. The van der Waals surface area contributed by atoms with E-state index in [-0.39, 0.29) is 18.5 Å². The Morgan fingerprint density at radius 3 is 2.80 bits per heavy atom. The fourth-order valence-electron chi connectivity index (χ4n) is 1.32. The number of hydrogen-bond acceptors (Lipinski definition) is 5. The number of hydrogen-bond donors (Lipinski definition) is 0. The molecule has 88 valence electrons. The average molecular weight is 218 g/mol. The molecule has 0 N–H and O–H groups in total. The summed E-state index contributed by atoms with van der Waals surface area (Å²) in [6.45, 7) is 5.06. The molecule has 1 aliphatic rings. The molecule has 0 unspecified atom stereocenters. The van der Waals surface area contributed by atoms with E-state index in [1.54, 1.807) is 0 Å². The number of carbonyl (C=O) groups excluding carboxylic acids is 1. The SMILES string of the molecule is COC(=O)CCOC[C@H]1COC(C)(C)O1. The van der Waals surface area contributed by atoms with Crippen LogP contribution in [0.3, 0.4) is 0 Å². The van der Waals surface area contributed by atoms with Crippen LogP contribution in [0.15, 0.2) is 0 Å². The fourth-order valence-corrected chi connectivity index (χ4v) is 1.32. The summed E-state index contributed by atoms with van der Waals surface area (Å²) in [4.78, 5) is 10.8. The predicted octanol–water partition coefficient (Wildman–Crippen LogP) is 0.718. The standard InChI is InChI=1S/C10H18O5/c1-10(2)14-7-8(15-10)6-13-5-4-9(11)12-3/h8H,4-7H2,1-3H3/t8-/m0/s1. The van der Waals surface area contributed by atoms with Crippen molar-refractivity contribution < 1.29 is 23.7 Å². The second kappa shape index (κ2) is 5.44. The van der Waals surface area contributed by atoms with Crippen LogP contribution in [-0.2, 0) is 23.7 Å². The van der Waals surface area contributed by atoms with Crippen LogP contribution in [0, 0.1) is 0 Å². The van der Waals surface area contributed by atoms with Gasteiger partial charge in [-0.05, 0) is 13.8 Å². The maximum Gasteiger partial charge on any atom is 0.307 e. The van der Waals surface area contributed by atoms with Crippen molar-refractivity contribution >= 4 is 5.97 Å². The highest BCUT2D eigenvalue weighted by atomic mass is 16.7. The van der Waals surface area contributed by atoms with Gasteiger partial charge in [0.05, 0.1) is 33.4 Å². The molecule has 5 heteroatoms. The van der Waals surface area contributed by atoms with Crippen molar-refractivity contribution in [2.24, 2.45) is 0 Å². The van der Waals surface area contributed by atoms with Crippen molar-refractivity contribution in [1.29, 1.82) is 0 Å². The first-order chi connectivity index (χ1) is 7.03. The number of carbonyl (C=O) groups is 1. The van der Waals surface area contributed by atoms with E-state index in [4.69, 9.17) is 14.2 Å². The molecule has 1 atom stereocenters. The Kier molecular flexibility index (Phi) is 4.50. The smallest absolute Gasteiger partial charge is 0.307 e. The summed E-state index contributed by atoms with van der Waals surface area (Å²) in [6, 6.07) is 0. The highest BCUT2D eigenvalue weighted by Gasteiger charge is 2.32. The maximum atomic E-state index is 10.8. The van der Waals surface area contributed by atoms with E-state index >= 15 is 0 Å². The van der Waals surface area contributed by atoms with E-state index in [0.717, 1.165) is 0 Å². The van der Waals surface area contributed by atoms with Gasteiger partial charge in [0.1, 0.15) is 6.10 Å². The Bertz CT molecular complexity index is 214. The zero-order chi connectivity index (χ0) is 11.3. The second-order valence-corrected chi connectivity index (χ2v) is 3.85. The van der Waals surface area contributed by atoms with Gasteiger partial charge in [0, 0.05) is 0 Å². The van der Waals surface area contributed by atoms with Gasteiger partial charge < -0.3 is 18.9 Å². The van der Waals surface area contributed by atoms with Crippen LogP contribution in [0.1, 0.15) is 20.3 Å². The number of ether oxygens (including phenoxy) is 4. The molecule has 0 spiro atoms. The molecule has 0 aromatic carbocycles. The third-order valence-electron chi connectivity index (χ3n) is 2.05. The van der Waals surface area contributed by atoms with E-state index < -0.39 is 5.79 Å². The molecule has 0 aromatic rings. The second-order valence-electron chi connectivity index (χ2n) is 3.85. The molecular formula is C10H18O5. The van der Waals surface area contributed by atoms with Gasteiger partial charge in [-0.15, -0.1) is 0 Å². The number of esters is 1. The van der Waals surface area contributed by atoms with Gasteiger partial charge in [0.15, 0.2) is 5.79 Å². The highest BCUT2D eigenvalue weighted by Crippen LogP contribution is 2.22. The summed E-state index contributed by atoms with van der Waals surface area (Å²) in [5, 5.41) is 0. The van der Waals surface area contributed by atoms with Crippen molar-refractivity contribution in [2.45, 2.75) is 32.2 Å². The van der Waals surface area contributed by atoms with E-state index in [2.05, 4.69) is 4.74 Å². The average Bonchev–Trinajstić information content (AvgIpc) is 2.52. The molecule has 1 rings (SSSR count). The normalized spacial score (nSPS) is 24.1. The number of rotatable bonds is 5. The van der Waals surface area contributed by atoms with E-state index in [1.807, 2.05) is 13.8 Å². The largest absolute Gasteiger partial charge is 0.469 e. The van der Waals surface area contributed by atoms with Crippen LogP contribution in [0.2, 0.25) is 0 Å². The Morgan fingerprint density at radius 1 is 1.53 bits per heavy atom. The summed E-state index contributed by atoms with van der Waals surface area (Å²) in [7, 11) is 1.36. The van der Waals surface area contributed by atoms with Gasteiger partial charge in [0.2, 0.25) is 0 Å². The minimum Gasteiger partial charge on any atom is -0.469 e. The first-order valence-corrected chi connectivity index (χ1v) is 5.00. The molecule has 1 fully saturated rings. The van der Waals surface area contributed by atoms with Crippen LogP contribution in [0.25, 0.3) is 0 Å². The molecule has 5 nitrogen and oxygen atoms in total. The van der Waals surface area contributed by atoms with Gasteiger partial charge in [-0.1, -0.05) is 0 Å². The Morgan fingerprint density at radius 2 is 2.27 bits per heavy atom. The first kappa shape index (κ1) is 12.4. The molecule has 0 saturated carbocycles. The summed E-state index contributed by atoms with van der Waals surface area (Å²) in [6.07, 6.45) is 0.227. The van der Waals surface area contributed by atoms with Gasteiger partial charge in [-0.3, -0.25) is 4.79 Å². The summed E-state index contributed by atoms with van der Waals surface area (Å²) in [5.41, 5.74) is 0. The van der Waals surface area contributed by atoms with E-state index in [0.29, 0.717) is 19.8 Å². The van der Waals surface area contributed by atoms with Gasteiger partial charge >= 0.3 is 5.97 Å². The van der Waals surface area contributed by atoms with Crippen molar-refractivity contribution in [3.8, 4) is 0 Å². The van der Waals surface area contributed by atoms with Crippen LogP contribution in [0.4, 0.5) is 0 Å². The van der Waals surface area contributed by atoms with Gasteiger partial charge in [-0.25, -0.2) is 0 Å². The molecule has 1 saturated heterocycles. The Labute approximate surface area is 89.6 Å². The molecule has 0 amide bonds. The molecule has 1 heterocycles. The summed E-state index contributed by atoms with van der Waals surface area (Å²) >= 11 is 0.